The van der Waals surface area contributed by atoms with E-state index < -0.39 is 0 Å². The average molecular weight is 359 g/mol. The Balaban J connectivity index is 1.91. The molecule has 26 heavy (non-hydrogen) atoms. The number of hydrogen-bond donors (Lipinski definition) is 0. The highest BCUT2D eigenvalue weighted by Crippen LogP contribution is 2.25. The van der Waals surface area contributed by atoms with Gasteiger partial charge in [-0.3, -0.25) is 4.68 Å². The zero-order valence-electron chi connectivity index (χ0n) is 16.3. The number of anilines is 1. The van der Waals surface area contributed by atoms with Gasteiger partial charge in [-0.1, -0.05) is 0 Å². The summed E-state index contributed by atoms with van der Waals surface area (Å²) in [6.45, 7) is 7.90. The fraction of sp³-hybridized carbons (Fsp3) is 0.632. The number of fused-ring (bicyclic) bond motifs is 1. The zero-order valence-corrected chi connectivity index (χ0v) is 16.3. The SMILES string of the molecule is CCn1cc(CN(C)c2nc(CCOC)nc3c2CCOCC3)c(C)n1. The van der Waals surface area contributed by atoms with Gasteiger partial charge in [0.25, 0.3) is 0 Å². The number of nitrogens with zero attached hydrogens (tertiary/aromatic N) is 5. The quantitative estimate of drug-likeness (QED) is 0.753. The van der Waals surface area contributed by atoms with E-state index in [2.05, 4.69) is 37.1 Å². The first-order valence-electron chi connectivity index (χ1n) is 9.31. The molecule has 0 N–H and O–H groups in total. The maximum absolute atomic E-state index is 5.66. The van der Waals surface area contributed by atoms with Crippen molar-refractivity contribution in [3.05, 3.63) is 34.5 Å². The molecule has 0 fully saturated rings. The monoisotopic (exact) mass is 359 g/mol. The van der Waals surface area contributed by atoms with Crippen LogP contribution >= 0.6 is 0 Å². The van der Waals surface area contributed by atoms with E-state index in [4.69, 9.17) is 19.4 Å². The van der Waals surface area contributed by atoms with Gasteiger partial charge in [0.15, 0.2) is 0 Å². The largest absolute Gasteiger partial charge is 0.384 e. The summed E-state index contributed by atoms with van der Waals surface area (Å²) in [7, 11) is 3.80. The van der Waals surface area contributed by atoms with Crippen LogP contribution in [0.15, 0.2) is 6.20 Å². The van der Waals surface area contributed by atoms with Crippen LogP contribution in [0.1, 0.15) is 35.3 Å². The molecule has 3 rings (SSSR count). The molecule has 1 aliphatic rings. The summed E-state index contributed by atoms with van der Waals surface area (Å²) in [5.74, 6) is 1.85. The van der Waals surface area contributed by atoms with E-state index in [-0.39, 0.29) is 0 Å². The predicted molar refractivity (Wildman–Crippen MR) is 101 cm³/mol. The maximum atomic E-state index is 5.66. The normalized spacial score (nSPS) is 14.2. The van der Waals surface area contributed by atoms with Crippen molar-refractivity contribution < 1.29 is 9.47 Å². The van der Waals surface area contributed by atoms with Gasteiger partial charge in [0.05, 0.1) is 31.2 Å². The summed E-state index contributed by atoms with van der Waals surface area (Å²) >= 11 is 0. The molecule has 7 heteroatoms. The minimum Gasteiger partial charge on any atom is -0.384 e. The molecule has 0 atom stereocenters. The number of hydrogen-bond acceptors (Lipinski definition) is 6. The van der Waals surface area contributed by atoms with Crippen molar-refractivity contribution in [1.29, 1.82) is 0 Å². The van der Waals surface area contributed by atoms with Gasteiger partial charge in [0, 0.05) is 63.8 Å². The van der Waals surface area contributed by atoms with E-state index in [1.807, 2.05) is 4.68 Å². The minimum absolute atomic E-state index is 0.626. The highest BCUT2D eigenvalue weighted by molar-refractivity contribution is 5.50. The Morgan fingerprint density at radius 1 is 1.27 bits per heavy atom. The summed E-state index contributed by atoms with van der Waals surface area (Å²) < 4.78 is 12.9. The van der Waals surface area contributed by atoms with E-state index in [0.717, 1.165) is 68.6 Å². The van der Waals surface area contributed by atoms with Crippen LogP contribution in [0, 0.1) is 6.92 Å². The van der Waals surface area contributed by atoms with Crippen molar-refractivity contribution in [2.45, 2.75) is 46.2 Å². The van der Waals surface area contributed by atoms with Gasteiger partial charge in [0.2, 0.25) is 0 Å². The third-order valence-corrected chi connectivity index (χ3v) is 4.77. The van der Waals surface area contributed by atoms with Gasteiger partial charge >= 0.3 is 0 Å². The Morgan fingerprint density at radius 3 is 2.81 bits per heavy atom. The minimum atomic E-state index is 0.626. The first-order valence-corrected chi connectivity index (χ1v) is 9.31. The van der Waals surface area contributed by atoms with E-state index in [1.165, 1.54) is 11.1 Å². The van der Waals surface area contributed by atoms with Crippen LogP contribution in [-0.4, -0.2) is 53.7 Å². The lowest BCUT2D eigenvalue weighted by Gasteiger charge is -2.23. The topological polar surface area (TPSA) is 65.3 Å². The van der Waals surface area contributed by atoms with Crippen molar-refractivity contribution in [1.82, 2.24) is 19.7 Å². The molecular weight excluding hydrogens is 330 g/mol. The molecule has 0 saturated carbocycles. The Kier molecular flexibility index (Phi) is 6.21. The molecule has 0 amide bonds. The van der Waals surface area contributed by atoms with Crippen LogP contribution in [0.3, 0.4) is 0 Å². The number of rotatable bonds is 7. The van der Waals surface area contributed by atoms with Gasteiger partial charge in [-0.25, -0.2) is 9.97 Å². The van der Waals surface area contributed by atoms with Crippen LogP contribution in [-0.2, 0) is 41.8 Å². The lowest BCUT2D eigenvalue weighted by atomic mass is 10.1. The zero-order chi connectivity index (χ0) is 18.5. The molecule has 2 aromatic heterocycles. The Hall–Kier alpha value is -1.99. The molecule has 142 valence electrons. The second kappa shape index (κ2) is 8.60. The molecule has 0 unspecified atom stereocenters. The summed E-state index contributed by atoms with van der Waals surface area (Å²) in [4.78, 5) is 11.9. The Labute approximate surface area is 155 Å². The third-order valence-electron chi connectivity index (χ3n) is 4.77. The molecule has 0 radical (unpaired) electrons. The lowest BCUT2D eigenvalue weighted by molar-refractivity contribution is 0.146. The molecule has 3 heterocycles. The van der Waals surface area contributed by atoms with Crippen molar-refractivity contribution in [2.24, 2.45) is 0 Å². The first kappa shape index (κ1) is 18.8. The average Bonchev–Trinajstić information content (AvgIpc) is 2.84. The van der Waals surface area contributed by atoms with Gasteiger partial charge in [-0.2, -0.15) is 5.10 Å². The van der Waals surface area contributed by atoms with Crippen LogP contribution in [0.5, 0.6) is 0 Å². The van der Waals surface area contributed by atoms with Crippen molar-refractivity contribution in [3.8, 4) is 0 Å². The van der Waals surface area contributed by atoms with Gasteiger partial charge in [-0.15, -0.1) is 0 Å². The van der Waals surface area contributed by atoms with Gasteiger partial charge < -0.3 is 14.4 Å². The Bertz CT molecular complexity index is 744. The molecule has 0 aromatic carbocycles. The van der Waals surface area contributed by atoms with E-state index >= 15 is 0 Å². The van der Waals surface area contributed by atoms with Crippen LogP contribution in [0.25, 0.3) is 0 Å². The lowest BCUT2D eigenvalue weighted by Crippen LogP contribution is -2.22. The molecule has 2 aromatic rings. The Morgan fingerprint density at radius 2 is 2.08 bits per heavy atom. The molecule has 0 spiro atoms. The summed E-state index contributed by atoms with van der Waals surface area (Å²) in [5.41, 5.74) is 4.63. The van der Waals surface area contributed by atoms with Crippen molar-refractivity contribution in [2.75, 3.05) is 38.9 Å². The van der Waals surface area contributed by atoms with Crippen molar-refractivity contribution >= 4 is 5.82 Å². The highest BCUT2D eigenvalue weighted by atomic mass is 16.5. The van der Waals surface area contributed by atoms with Crippen LogP contribution in [0.4, 0.5) is 5.82 Å². The summed E-state index contributed by atoms with van der Waals surface area (Å²) in [5, 5.41) is 4.56. The second-order valence-electron chi connectivity index (χ2n) is 6.70. The van der Waals surface area contributed by atoms with Crippen LogP contribution < -0.4 is 4.90 Å². The summed E-state index contributed by atoms with van der Waals surface area (Å²) in [6.07, 6.45) is 4.54. The van der Waals surface area contributed by atoms with Crippen molar-refractivity contribution in [3.63, 3.8) is 0 Å². The van der Waals surface area contributed by atoms with E-state index in [9.17, 15) is 0 Å². The first-order chi connectivity index (χ1) is 12.6. The predicted octanol–water partition coefficient (Wildman–Crippen LogP) is 1.94. The number of ether oxygens (including phenoxy) is 2. The number of aromatic nitrogens is 4. The highest BCUT2D eigenvalue weighted by Gasteiger charge is 2.20. The fourth-order valence-corrected chi connectivity index (χ4v) is 3.30. The molecule has 0 saturated heterocycles. The third kappa shape index (κ3) is 4.22. The van der Waals surface area contributed by atoms with E-state index in [1.54, 1.807) is 7.11 Å². The van der Waals surface area contributed by atoms with Crippen LogP contribution in [0.2, 0.25) is 0 Å². The number of methoxy groups -OCH3 is 1. The smallest absolute Gasteiger partial charge is 0.135 e. The number of aryl methyl sites for hydroxylation is 2. The van der Waals surface area contributed by atoms with E-state index in [0.29, 0.717) is 6.61 Å². The second-order valence-corrected chi connectivity index (χ2v) is 6.70. The molecule has 7 nitrogen and oxygen atoms in total. The fourth-order valence-electron chi connectivity index (χ4n) is 3.30. The van der Waals surface area contributed by atoms with Gasteiger partial charge in [-0.05, 0) is 13.8 Å². The molecule has 0 aliphatic carbocycles. The standard InChI is InChI=1S/C19H29N5O2/c1-5-24-13-15(14(2)22-24)12-23(3)19-16-6-10-26-11-7-17(16)20-18(21-19)8-9-25-4/h13H,5-12H2,1-4H3. The molecule has 1 aliphatic heterocycles. The molecular formula is C19H29N5O2. The summed E-state index contributed by atoms with van der Waals surface area (Å²) in [6, 6.07) is 0. The van der Waals surface area contributed by atoms with Gasteiger partial charge in [0.1, 0.15) is 11.6 Å². The molecule has 0 bridgehead atoms. The maximum Gasteiger partial charge on any atom is 0.135 e.